The molecule has 0 fully saturated rings. The number of benzene rings is 1. The molecule has 0 saturated heterocycles. The summed E-state index contributed by atoms with van der Waals surface area (Å²) >= 11 is 0. The van der Waals surface area contributed by atoms with Gasteiger partial charge >= 0.3 is 0 Å². The molecule has 0 amide bonds. The second kappa shape index (κ2) is 9.01. The maximum absolute atomic E-state index is 9.27. The largest absolute Gasteiger partial charge is 0.382 e. The molecular weight excluding hydrogens is 382 g/mol. The number of hydrogen-bond donors (Lipinski definition) is 1. The zero-order chi connectivity index (χ0) is 21.8. The van der Waals surface area contributed by atoms with Gasteiger partial charge < -0.3 is 9.72 Å². The first kappa shape index (κ1) is 20.6. The summed E-state index contributed by atoms with van der Waals surface area (Å²) in [4.78, 5) is 8.97. The highest BCUT2D eigenvalue weighted by molar-refractivity contribution is 5.77. The van der Waals surface area contributed by atoms with Crippen LogP contribution < -0.4 is 5.32 Å². The molecule has 0 aliphatic heterocycles. The van der Waals surface area contributed by atoms with Gasteiger partial charge in [0, 0.05) is 48.2 Å². The topological polar surface area (TPSA) is 66.0 Å². The van der Waals surface area contributed by atoms with Gasteiger partial charge in [-0.1, -0.05) is 43.7 Å². The van der Waals surface area contributed by atoms with Crippen LogP contribution in [0.15, 0.2) is 61.2 Å². The lowest BCUT2D eigenvalue weighted by Gasteiger charge is -2.14. The maximum Gasteiger partial charge on any atom is 0.160 e. The smallest absolute Gasteiger partial charge is 0.160 e. The summed E-state index contributed by atoms with van der Waals surface area (Å²) in [6.07, 6.45) is 9.44. The first-order valence-corrected chi connectivity index (χ1v) is 10.7. The van der Waals surface area contributed by atoms with Gasteiger partial charge in [0.25, 0.3) is 0 Å². The Hall–Kier alpha value is -3.65. The fourth-order valence-corrected chi connectivity index (χ4v) is 3.72. The molecule has 0 bridgehead atoms. The third-order valence-corrected chi connectivity index (χ3v) is 5.80. The summed E-state index contributed by atoms with van der Waals surface area (Å²) < 4.78 is 2.18. The van der Waals surface area contributed by atoms with Crippen molar-refractivity contribution in [1.82, 2.24) is 14.4 Å². The van der Waals surface area contributed by atoms with E-state index >= 15 is 0 Å². The van der Waals surface area contributed by atoms with Crippen LogP contribution in [0.25, 0.3) is 16.8 Å². The molecule has 1 aromatic carbocycles. The zero-order valence-corrected chi connectivity index (χ0v) is 18.3. The van der Waals surface area contributed by atoms with Crippen molar-refractivity contribution in [3.63, 3.8) is 0 Å². The van der Waals surface area contributed by atoms with E-state index < -0.39 is 0 Å². The van der Waals surface area contributed by atoms with E-state index in [4.69, 9.17) is 4.98 Å². The van der Waals surface area contributed by atoms with Crippen molar-refractivity contribution in [3.8, 4) is 17.2 Å². The Kier molecular flexibility index (Phi) is 5.99. The monoisotopic (exact) mass is 409 g/mol. The maximum atomic E-state index is 9.27. The van der Waals surface area contributed by atoms with Gasteiger partial charge in [-0.25, -0.2) is 4.98 Å². The van der Waals surface area contributed by atoms with E-state index in [0.29, 0.717) is 11.5 Å². The Balaban J connectivity index is 1.71. The molecule has 0 spiro atoms. The van der Waals surface area contributed by atoms with Gasteiger partial charge in [-0.15, -0.1) is 0 Å². The molecule has 3 aromatic heterocycles. The number of aromatic nitrogens is 3. The number of fused-ring (bicyclic) bond motifs is 1. The van der Waals surface area contributed by atoms with Crippen LogP contribution in [0.3, 0.4) is 0 Å². The molecule has 0 radical (unpaired) electrons. The predicted molar refractivity (Wildman–Crippen MR) is 125 cm³/mol. The van der Waals surface area contributed by atoms with E-state index in [9.17, 15) is 5.26 Å². The Morgan fingerprint density at radius 1 is 1.10 bits per heavy atom. The van der Waals surface area contributed by atoms with Gasteiger partial charge in [0.2, 0.25) is 0 Å². The van der Waals surface area contributed by atoms with Crippen LogP contribution in [0.2, 0.25) is 0 Å². The van der Waals surface area contributed by atoms with Crippen LogP contribution in [0, 0.1) is 18.3 Å². The van der Waals surface area contributed by atoms with Crippen LogP contribution in [0.5, 0.6) is 0 Å². The number of nitriles is 1. The molecule has 31 heavy (non-hydrogen) atoms. The quantitative estimate of drug-likeness (QED) is 0.422. The number of pyridine rings is 2. The average molecular weight is 410 g/mol. The van der Waals surface area contributed by atoms with Crippen molar-refractivity contribution >= 4 is 11.3 Å². The first-order chi connectivity index (χ1) is 15.1. The van der Waals surface area contributed by atoms with E-state index in [1.165, 1.54) is 16.8 Å². The average Bonchev–Trinajstić information content (AvgIpc) is 3.24. The number of rotatable bonds is 7. The summed E-state index contributed by atoms with van der Waals surface area (Å²) in [7, 11) is 0. The summed E-state index contributed by atoms with van der Waals surface area (Å²) in [6.45, 7) is 7.32. The minimum atomic E-state index is 0.397. The Bertz CT molecular complexity index is 1230. The zero-order valence-electron chi connectivity index (χ0n) is 18.3. The second-order valence-electron chi connectivity index (χ2n) is 8.06. The van der Waals surface area contributed by atoms with Crippen molar-refractivity contribution in [1.29, 1.82) is 5.26 Å². The number of nitrogens with zero attached hydrogens (tertiary/aromatic N) is 4. The van der Waals surface area contributed by atoms with Crippen molar-refractivity contribution in [3.05, 3.63) is 83.6 Å². The van der Waals surface area contributed by atoms with Gasteiger partial charge in [0.05, 0.1) is 11.3 Å². The summed E-state index contributed by atoms with van der Waals surface area (Å²) in [6, 6.07) is 14.8. The predicted octanol–water partition coefficient (Wildman–Crippen LogP) is 5.74. The van der Waals surface area contributed by atoms with E-state index in [0.717, 1.165) is 41.8 Å². The molecule has 1 atom stereocenters. The van der Waals surface area contributed by atoms with Crippen LogP contribution in [-0.2, 0) is 6.42 Å². The molecule has 4 aromatic rings. The highest BCUT2D eigenvalue weighted by atomic mass is 15.0. The van der Waals surface area contributed by atoms with E-state index in [1.54, 1.807) is 12.4 Å². The highest BCUT2D eigenvalue weighted by Crippen LogP contribution is 2.29. The fourth-order valence-electron chi connectivity index (χ4n) is 3.72. The lowest BCUT2D eigenvalue weighted by atomic mass is 10.0. The molecule has 5 heteroatoms. The van der Waals surface area contributed by atoms with Gasteiger partial charge in [0.15, 0.2) is 5.65 Å². The van der Waals surface area contributed by atoms with Gasteiger partial charge in [-0.2, -0.15) is 5.26 Å². The number of nitrogens with one attached hydrogen (secondary N) is 1. The number of aryl methyl sites for hydroxylation is 1. The van der Waals surface area contributed by atoms with Crippen molar-refractivity contribution in [2.45, 2.75) is 39.5 Å². The molecule has 3 heterocycles. The van der Waals surface area contributed by atoms with Crippen LogP contribution in [0.4, 0.5) is 5.69 Å². The number of hydrogen-bond acceptors (Lipinski definition) is 4. The Morgan fingerprint density at radius 2 is 1.90 bits per heavy atom. The third-order valence-electron chi connectivity index (χ3n) is 5.80. The molecule has 0 saturated carbocycles. The molecule has 0 aliphatic rings. The van der Waals surface area contributed by atoms with Crippen LogP contribution in [-0.4, -0.2) is 20.9 Å². The van der Waals surface area contributed by atoms with E-state index in [-0.39, 0.29) is 0 Å². The van der Waals surface area contributed by atoms with Gasteiger partial charge in [0.1, 0.15) is 6.07 Å². The molecule has 1 N–H and O–H groups in total. The fraction of sp³-hybridized carbons (Fsp3) is 0.269. The Morgan fingerprint density at radius 3 is 2.65 bits per heavy atom. The summed E-state index contributed by atoms with van der Waals surface area (Å²) in [5, 5.41) is 12.9. The van der Waals surface area contributed by atoms with Crippen LogP contribution in [0.1, 0.15) is 48.6 Å². The van der Waals surface area contributed by atoms with E-state index in [2.05, 4.69) is 78.1 Å². The molecule has 156 valence electrons. The molecule has 0 aliphatic carbocycles. The third kappa shape index (κ3) is 4.44. The minimum absolute atomic E-state index is 0.397. The lowest BCUT2D eigenvalue weighted by Crippen LogP contribution is -2.07. The normalized spacial score (nSPS) is 11.9. The summed E-state index contributed by atoms with van der Waals surface area (Å²) in [5.74, 6) is 0.397. The first-order valence-electron chi connectivity index (χ1n) is 10.7. The lowest BCUT2D eigenvalue weighted by molar-refractivity contribution is 0.701. The highest BCUT2D eigenvalue weighted by Gasteiger charge is 2.15. The van der Waals surface area contributed by atoms with Gasteiger partial charge in [-0.05, 0) is 43.4 Å². The SMILES string of the molecule is CCC(C)c1cnc2c(NCCc3ccc(C)cc3)cc(-c3cncc(C#N)c3)cn12. The molecule has 5 nitrogen and oxygen atoms in total. The number of imidazole rings is 1. The minimum Gasteiger partial charge on any atom is -0.382 e. The molecule has 1 unspecified atom stereocenters. The van der Waals surface area contributed by atoms with Crippen molar-refractivity contribution in [2.24, 2.45) is 0 Å². The van der Waals surface area contributed by atoms with Crippen molar-refractivity contribution in [2.75, 3.05) is 11.9 Å². The van der Waals surface area contributed by atoms with Crippen molar-refractivity contribution < 1.29 is 0 Å². The Labute approximate surface area is 183 Å². The van der Waals surface area contributed by atoms with Gasteiger partial charge in [-0.3, -0.25) is 4.98 Å². The second-order valence-corrected chi connectivity index (χ2v) is 8.06. The molecular formula is C26H27N5. The standard InChI is InChI=1S/C26H27N5/c1-4-19(3)25-16-30-26-24(29-10-9-20-7-5-18(2)6-8-20)12-23(17-31(25)26)22-11-21(13-27)14-28-15-22/h5-8,11-12,14-17,19,29H,4,9-10H2,1-3H3. The molecule has 4 rings (SSSR count). The van der Waals surface area contributed by atoms with Crippen LogP contribution >= 0.6 is 0 Å². The van der Waals surface area contributed by atoms with E-state index in [1.807, 2.05) is 12.3 Å². The number of anilines is 1. The summed E-state index contributed by atoms with van der Waals surface area (Å²) in [5.41, 5.74) is 8.16.